The van der Waals surface area contributed by atoms with E-state index in [0.717, 1.165) is 0 Å². The highest BCUT2D eigenvalue weighted by molar-refractivity contribution is 7.42. The van der Waals surface area contributed by atoms with Gasteiger partial charge in [0.25, 0.3) is 0 Å². The molecule has 0 N–H and O–H groups in total. The molecule has 11 heavy (non-hydrogen) atoms. The molecule has 0 atom stereocenters. The summed E-state index contributed by atoms with van der Waals surface area (Å²) >= 11 is 5.13. The molecule has 0 aliphatic heterocycles. The van der Waals surface area contributed by atoms with Crippen LogP contribution in [0, 0.1) is 0 Å². The molecule has 5 heteroatoms. The quantitative estimate of drug-likeness (QED) is 0.638. The predicted molar refractivity (Wildman–Crippen MR) is 46.3 cm³/mol. The lowest BCUT2D eigenvalue weighted by Crippen LogP contribution is -2.04. The summed E-state index contributed by atoms with van der Waals surface area (Å²) in [4.78, 5) is 0. The van der Waals surface area contributed by atoms with E-state index < -0.39 is 8.60 Å². The Hall–Kier alpha value is 0.600. The molecule has 0 aromatic carbocycles. The number of hydrogen-bond donors (Lipinski definition) is 0. The topological polar surface area (TPSA) is 27.7 Å². The Morgan fingerprint density at radius 1 is 1.00 bits per heavy atom. The van der Waals surface area contributed by atoms with E-state index in [0.29, 0.717) is 0 Å². The van der Waals surface area contributed by atoms with Crippen molar-refractivity contribution in [2.45, 2.75) is 39.9 Å². The Morgan fingerprint density at radius 3 is 1.55 bits per heavy atom. The fraction of sp³-hybridized carbons (Fsp3) is 1.00. The van der Waals surface area contributed by atoms with Gasteiger partial charge in [-0.25, -0.2) is 0 Å². The zero-order chi connectivity index (χ0) is 8.85. The Kier molecular flexibility index (Phi) is 6.49. The van der Waals surface area contributed by atoms with Crippen LogP contribution in [-0.2, 0) is 13.1 Å². The summed E-state index contributed by atoms with van der Waals surface area (Å²) in [5.41, 5.74) is 0. The van der Waals surface area contributed by atoms with Gasteiger partial charge in [-0.15, -0.1) is 0 Å². The van der Waals surface area contributed by atoms with Gasteiger partial charge in [0, 0.05) is 0 Å². The van der Waals surface area contributed by atoms with Gasteiger partial charge in [-0.1, -0.05) is 0 Å². The summed E-state index contributed by atoms with van der Waals surface area (Å²) in [5.74, 6) is 0. The molecule has 0 unspecified atom stereocenters. The molecule has 0 aromatic heterocycles. The van der Waals surface area contributed by atoms with Crippen LogP contribution < -0.4 is 0 Å². The zero-order valence-electron chi connectivity index (χ0n) is 7.20. The second kappa shape index (κ2) is 6.15. The molecule has 0 bridgehead atoms. The third kappa shape index (κ3) is 6.98. The fourth-order valence-corrected chi connectivity index (χ4v) is 1.40. The average Bonchev–Trinajstić information content (AvgIpc) is 1.84. The highest BCUT2D eigenvalue weighted by Crippen LogP contribution is 2.43. The molecule has 0 fully saturated rings. The summed E-state index contributed by atoms with van der Waals surface area (Å²) in [7, 11) is -1.37. The molecule has 0 saturated heterocycles. The molecule has 0 saturated carbocycles. The van der Waals surface area contributed by atoms with Gasteiger partial charge in [0.15, 0.2) is 0 Å². The molecule has 68 valence electrons. The standard InChI is InChI=1S/C6H14ClO3P/c1-5(2)8-11(10-7)9-6(3)4/h5-6H,1-4H3. The number of hydrogen-bond acceptors (Lipinski definition) is 3. The molecule has 3 nitrogen and oxygen atoms in total. The molecular formula is C6H14ClO3P. The largest absolute Gasteiger partial charge is 0.351 e. The van der Waals surface area contributed by atoms with Crippen LogP contribution in [0.25, 0.3) is 0 Å². The average molecular weight is 201 g/mol. The second-order valence-electron chi connectivity index (χ2n) is 2.60. The molecule has 0 radical (unpaired) electrons. The smallest absolute Gasteiger partial charge is 0.309 e. The second-order valence-corrected chi connectivity index (χ2v) is 4.02. The molecule has 0 aromatic rings. The van der Waals surface area contributed by atoms with Crippen LogP contribution in [0.5, 0.6) is 0 Å². The van der Waals surface area contributed by atoms with Crippen molar-refractivity contribution in [1.29, 1.82) is 0 Å². The van der Waals surface area contributed by atoms with Crippen molar-refractivity contribution >= 4 is 20.5 Å². The Balaban J connectivity index is 3.58. The first-order chi connectivity index (χ1) is 5.06. The van der Waals surface area contributed by atoms with Gasteiger partial charge in [0.2, 0.25) is 0 Å². The summed E-state index contributed by atoms with van der Waals surface area (Å²) < 4.78 is 14.9. The van der Waals surface area contributed by atoms with E-state index in [1.807, 2.05) is 27.7 Å². The maximum absolute atomic E-state index is 5.20. The van der Waals surface area contributed by atoms with Gasteiger partial charge >= 0.3 is 8.60 Å². The van der Waals surface area contributed by atoms with Crippen LogP contribution in [0.3, 0.4) is 0 Å². The normalized spacial score (nSPS) is 12.0. The monoisotopic (exact) mass is 200 g/mol. The number of halogens is 1. The summed E-state index contributed by atoms with van der Waals surface area (Å²) in [6.45, 7) is 7.59. The Morgan fingerprint density at radius 2 is 1.36 bits per heavy atom. The maximum Gasteiger partial charge on any atom is 0.351 e. The fourth-order valence-electron chi connectivity index (χ4n) is 0.402. The van der Waals surface area contributed by atoms with Gasteiger partial charge in [-0.2, -0.15) is 4.08 Å². The predicted octanol–water partition coefficient (Wildman–Crippen LogP) is 3.23. The van der Waals surface area contributed by atoms with E-state index in [1.54, 1.807) is 0 Å². The van der Waals surface area contributed by atoms with E-state index >= 15 is 0 Å². The molecular weight excluding hydrogens is 186 g/mol. The zero-order valence-corrected chi connectivity index (χ0v) is 8.85. The first kappa shape index (κ1) is 11.6. The molecule has 0 rings (SSSR count). The van der Waals surface area contributed by atoms with Crippen molar-refractivity contribution in [2.75, 3.05) is 0 Å². The van der Waals surface area contributed by atoms with E-state index in [2.05, 4.69) is 4.08 Å². The minimum Gasteiger partial charge on any atom is -0.309 e. The Bertz CT molecular complexity index is 89.8. The van der Waals surface area contributed by atoms with E-state index in [4.69, 9.17) is 20.9 Å². The molecule has 0 amide bonds. The number of rotatable bonds is 5. The van der Waals surface area contributed by atoms with Crippen molar-refractivity contribution in [1.82, 2.24) is 0 Å². The van der Waals surface area contributed by atoms with Crippen molar-refractivity contribution in [2.24, 2.45) is 0 Å². The van der Waals surface area contributed by atoms with Crippen LogP contribution in [0.1, 0.15) is 27.7 Å². The summed E-state index contributed by atoms with van der Waals surface area (Å²) in [6.07, 6.45) is 0.136. The van der Waals surface area contributed by atoms with Crippen LogP contribution in [-0.4, -0.2) is 12.2 Å². The summed E-state index contributed by atoms with van der Waals surface area (Å²) in [5, 5.41) is 0. The highest BCUT2D eigenvalue weighted by Gasteiger charge is 2.15. The Labute approximate surface area is 74.1 Å². The van der Waals surface area contributed by atoms with Crippen LogP contribution in [0.4, 0.5) is 0 Å². The molecule has 0 aliphatic rings. The van der Waals surface area contributed by atoms with Crippen LogP contribution in [0.15, 0.2) is 0 Å². The van der Waals surface area contributed by atoms with Gasteiger partial charge in [-0.05, 0) is 27.7 Å². The van der Waals surface area contributed by atoms with E-state index in [-0.39, 0.29) is 12.2 Å². The maximum atomic E-state index is 5.20. The van der Waals surface area contributed by atoms with Crippen molar-refractivity contribution in [3.63, 3.8) is 0 Å². The van der Waals surface area contributed by atoms with Gasteiger partial charge in [0.05, 0.1) is 24.1 Å². The molecule has 0 spiro atoms. The van der Waals surface area contributed by atoms with Crippen molar-refractivity contribution < 1.29 is 13.1 Å². The van der Waals surface area contributed by atoms with Gasteiger partial charge in [0.1, 0.15) is 0 Å². The third-order valence-corrected chi connectivity index (χ3v) is 2.29. The minimum atomic E-state index is -1.37. The lowest BCUT2D eigenvalue weighted by molar-refractivity contribution is 0.146. The lowest BCUT2D eigenvalue weighted by atomic mass is 10.5. The van der Waals surface area contributed by atoms with E-state index in [9.17, 15) is 0 Å². The van der Waals surface area contributed by atoms with Crippen LogP contribution >= 0.6 is 20.5 Å². The van der Waals surface area contributed by atoms with E-state index in [1.165, 1.54) is 0 Å². The summed E-state index contributed by atoms with van der Waals surface area (Å²) in [6, 6.07) is 0. The molecule has 0 aliphatic carbocycles. The third-order valence-electron chi connectivity index (χ3n) is 0.650. The van der Waals surface area contributed by atoms with Crippen LogP contribution in [0.2, 0.25) is 0 Å². The van der Waals surface area contributed by atoms with Crippen molar-refractivity contribution in [3.05, 3.63) is 0 Å². The first-order valence-electron chi connectivity index (χ1n) is 3.48. The lowest BCUT2D eigenvalue weighted by Gasteiger charge is -2.16. The SMILES string of the molecule is CC(C)OP(OCl)OC(C)C. The van der Waals surface area contributed by atoms with Gasteiger partial charge in [-0.3, -0.25) is 0 Å². The van der Waals surface area contributed by atoms with Crippen molar-refractivity contribution in [3.8, 4) is 0 Å². The van der Waals surface area contributed by atoms with Gasteiger partial charge < -0.3 is 9.05 Å². The highest BCUT2D eigenvalue weighted by atomic mass is 35.5. The first-order valence-corrected chi connectivity index (χ1v) is 4.89. The molecule has 0 heterocycles. The minimum absolute atomic E-state index is 0.0682.